The minimum absolute atomic E-state index is 0.0375. The Morgan fingerprint density at radius 1 is 1.40 bits per heavy atom. The Kier molecular flexibility index (Phi) is 5.06. The molecule has 1 aliphatic heterocycles. The maximum atomic E-state index is 12.7. The molecule has 1 aromatic heterocycles. The molecule has 134 valence electrons. The number of aromatic nitrogens is 2. The number of nitrogens with zero attached hydrogens (tertiary/aromatic N) is 2. The van der Waals surface area contributed by atoms with Crippen LogP contribution in [0.1, 0.15) is 45.0 Å². The number of hydrogen-bond donors (Lipinski definition) is 2. The maximum absolute atomic E-state index is 12.7. The predicted octanol–water partition coefficient (Wildman–Crippen LogP) is 2.63. The molecule has 0 spiro atoms. The molecule has 0 saturated carbocycles. The second-order valence-electron chi connectivity index (χ2n) is 7.33. The SMILES string of the molecule is CC(C)C[C@@H](NC(=O)[C@H]1CCN(C)C(=O)C1)c1nc2ccccc2[nH]1. The number of piperidine rings is 1. The Labute approximate surface area is 148 Å². The lowest BCUT2D eigenvalue weighted by Crippen LogP contribution is -2.43. The van der Waals surface area contributed by atoms with E-state index in [0.29, 0.717) is 18.9 Å². The third-order valence-electron chi connectivity index (χ3n) is 4.79. The lowest BCUT2D eigenvalue weighted by atomic mass is 9.94. The molecule has 2 aromatic rings. The first-order valence-corrected chi connectivity index (χ1v) is 8.93. The zero-order valence-electron chi connectivity index (χ0n) is 15.1. The lowest BCUT2D eigenvalue weighted by Gasteiger charge is -2.29. The Balaban J connectivity index is 1.76. The van der Waals surface area contributed by atoms with Gasteiger partial charge in [0.1, 0.15) is 5.82 Å². The number of para-hydroxylation sites is 2. The summed E-state index contributed by atoms with van der Waals surface area (Å²) < 4.78 is 0. The smallest absolute Gasteiger partial charge is 0.224 e. The van der Waals surface area contributed by atoms with E-state index in [9.17, 15) is 9.59 Å². The highest BCUT2D eigenvalue weighted by Gasteiger charge is 2.30. The normalized spacial score (nSPS) is 19.4. The molecule has 0 aliphatic carbocycles. The molecule has 2 atom stereocenters. The Morgan fingerprint density at radius 3 is 2.84 bits per heavy atom. The Morgan fingerprint density at radius 2 is 2.16 bits per heavy atom. The number of hydrogen-bond acceptors (Lipinski definition) is 3. The number of rotatable bonds is 5. The molecule has 0 radical (unpaired) electrons. The molecule has 6 heteroatoms. The summed E-state index contributed by atoms with van der Waals surface area (Å²) in [6.07, 6.45) is 1.80. The van der Waals surface area contributed by atoms with Gasteiger partial charge in [-0.1, -0.05) is 26.0 Å². The summed E-state index contributed by atoms with van der Waals surface area (Å²) >= 11 is 0. The van der Waals surface area contributed by atoms with Crippen LogP contribution in [-0.4, -0.2) is 40.3 Å². The quantitative estimate of drug-likeness (QED) is 0.877. The zero-order valence-corrected chi connectivity index (χ0v) is 15.1. The van der Waals surface area contributed by atoms with Gasteiger partial charge in [-0.2, -0.15) is 0 Å². The van der Waals surface area contributed by atoms with Gasteiger partial charge in [0.15, 0.2) is 0 Å². The summed E-state index contributed by atoms with van der Waals surface area (Å²) in [5.74, 6) is 0.936. The van der Waals surface area contributed by atoms with Gasteiger partial charge in [0.05, 0.1) is 17.1 Å². The maximum Gasteiger partial charge on any atom is 0.224 e. The number of fused-ring (bicyclic) bond motifs is 1. The summed E-state index contributed by atoms with van der Waals surface area (Å²) in [5.41, 5.74) is 1.87. The number of amides is 2. The molecule has 3 rings (SSSR count). The van der Waals surface area contributed by atoms with Gasteiger partial charge >= 0.3 is 0 Å². The summed E-state index contributed by atoms with van der Waals surface area (Å²) in [6.45, 7) is 4.89. The standard InChI is InChI=1S/C19H26N4O2/c1-12(2)10-16(18-20-14-6-4-5-7-15(14)21-18)22-19(25)13-8-9-23(3)17(24)11-13/h4-7,12-13,16H,8-11H2,1-3H3,(H,20,21)(H,22,25)/t13-,16+/m0/s1. The van der Waals surface area contributed by atoms with Gasteiger partial charge in [-0.15, -0.1) is 0 Å². The van der Waals surface area contributed by atoms with Crippen molar-refractivity contribution >= 4 is 22.8 Å². The Hall–Kier alpha value is -2.37. The van der Waals surface area contributed by atoms with Crippen molar-refractivity contribution in [1.82, 2.24) is 20.2 Å². The van der Waals surface area contributed by atoms with Gasteiger partial charge in [0.2, 0.25) is 11.8 Å². The van der Waals surface area contributed by atoms with Crippen molar-refractivity contribution in [1.29, 1.82) is 0 Å². The highest BCUT2D eigenvalue weighted by atomic mass is 16.2. The van der Waals surface area contributed by atoms with E-state index in [4.69, 9.17) is 0 Å². The number of likely N-dealkylation sites (tertiary alicyclic amines) is 1. The van der Waals surface area contributed by atoms with Crippen LogP contribution in [0.25, 0.3) is 11.0 Å². The molecule has 2 amide bonds. The van der Waals surface area contributed by atoms with Gasteiger partial charge in [-0.05, 0) is 30.9 Å². The van der Waals surface area contributed by atoms with Crippen LogP contribution >= 0.6 is 0 Å². The van der Waals surface area contributed by atoms with Crippen LogP contribution < -0.4 is 5.32 Å². The summed E-state index contributed by atoms with van der Waals surface area (Å²) in [6, 6.07) is 7.68. The topological polar surface area (TPSA) is 78.1 Å². The number of imidazole rings is 1. The highest BCUT2D eigenvalue weighted by Crippen LogP contribution is 2.24. The Bertz CT molecular complexity index is 735. The first kappa shape index (κ1) is 17.5. The van der Waals surface area contributed by atoms with E-state index in [1.54, 1.807) is 11.9 Å². The van der Waals surface area contributed by atoms with E-state index in [2.05, 4.69) is 29.1 Å². The summed E-state index contributed by atoms with van der Waals surface area (Å²) in [5, 5.41) is 3.13. The summed E-state index contributed by atoms with van der Waals surface area (Å²) in [7, 11) is 1.78. The van der Waals surface area contributed by atoms with E-state index < -0.39 is 0 Å². The number of H-pyrrole nitrogens is 1. The van der Waals surface area contributed by atoms with E-state index in [1.807, 2.05) is 24.3 Å². The van der Waals surface area contributed by atoms with Crippen molar-refractivity contribution < 1.29 is 9.59 Å². The average Bonchev–Trinajstić information content (AvgIpc) is 3.00. The van der Waals surface area contributed by atoms with Gasteiger partial charge in [-0.25, -0.2) is 4.98 Å². The lowest BCUT2D eigenvalue weighted by molar-refractivity contribution is -0.139. The van der Waals surface area contributed by atoms with Gasteiger partial charge in [0, 0.05) is 25.9 Å². The molecule has 25 heavy (non-hydrogen) atoms. The first-order chi connectivity index (χ1) is 11.9. The van der Waals surface area contributed by atoms with Crippen LogP contribution in [0.5, 0.6) is 0 Å². The van der Waals surface area contributed by atoms with E-state index in [-0.39, 0.29) is 30.2 Å². The van der Waals surface area contributed by atoms with Crippen molar-refractivity contribution in [3.05, 3.63) is 30.1 Å². The average molecular weight is 342 g/mol. The first-order valence-electron chi connectivity index (χ1n) is 8.93. The molecule has 0 unspecified atom stereocenters. The molecular formula is C19H26N4O2. The van der Waals surface area contributed by atoms with Crippen molar-refractivity contribution in [2.75, 3.05) is 13.6 Å². The largest absolute Gasteiger partial charge is 0.346 e. The third-order valence-corrected chi connectivity index (χ3v) is 4.79. The molecule has 1 aromatic carbocycles. The fourth-order valence-corrected chi connectivity index (χ4v) is 3.30. The fraction of sp³-hybridized carbons (Fsp3) is 0.526. The van der Waals surface area contributed by atoms with E-state index in [0.717, 1.165) is 23.3 Å². The molecule has 2 heterocycles. The zero-order chi connectivity index (χ0) is 18.0. The van der Waals surface area contributed by atoms with Crippen LogP contribution in [0.3, 0.4) is 0 Å². The number of carbonyl (C=O) groups excluding carboxylic acids is 2. The van der Waals surface area contributed by atoms with E-state index >= 15 is 0 Å². The molecule has 2 N–H and O–H groups in total. The van der Waals surface area contributed by atoms with Crippen molar-refractivity contribution in [2.24, 2.45) is 11.8 Å². The second kappa shape index (κ2) is 7.25. The molecular weight excluding hydrogens is 316 g/mol. The number of benzene rings is 1. The number of carbonyl (C=O) groups is 2. The molecule has 0 bridgehead atoms. The highest BCUT2D eigenvalue weighted by molar-refractivity contribution is 5.87. The van der Waals surface area contributed by atoms with Gasteiger partial charge in [-0.3, -0.25) is 9.59 Å². The minimum Gasteiger partial charge on any atom is -0.346 e. The molecule has 6 nitrogen and oxygen atoms in total. The predicted molar refractivity (Wildman–Crippen MR) is 96.8 cm³/mol. The van der Waals surface area contributed by atoms with Crippen molar-refractivity contribution in [3.8, 4) is 0 Å². The van der Waals surface area contributed by atoms with E-state index in [1.165, 1.54) is 0 Å². The number of aromatic amines is 1. The summed E-state index contributed by atoms with van der Waals surface area (Å²) in [4.78, 5) is 34.3. The van der Waals surface area contributed by atoms with Crippen LogP contribution in [0.15, 0.2) is 24.3 Å². The van der Waals surface area contributed by atoms with Gasteiger partial charge < -0.3 is 15.2 Å². The molecule has 1 fully saturated rings. The molecule has 1 saturated heterocycles. The van der Waals surface area contributed by atoms with Gasteiger partial charge in [0.25, 0.3) is 0 Å². The van der Waals surface area contributed by atoms with Crippen LogP contribution in [0.4, 0.5) is 0 Å². The number of nitrogens with one attached hydrogen (secondary N) is 2. The minimum atomic E-state index is -0.247. The fourth-order valence-electron chi connectivity index (χ4n) is 3.30. The van der Waals surface area contributed by atoms with Crippen molar-refractivity contribution in [3.63, 3.8) is 0 Å². The third kappa shape index (κ3) is 4.00. The second-order valence-corrected chi connectivity index (χ2v) is 7.33. The van der Waals surface area contributed by atoms with Crippen LogP contribution in [0.2, 0.25) is 0 Å². The molecule has 1 aliphatic rings. The monoisotopic (exact) mass is 342 g/mol. The van der Waals surface area contributed by atoms with Crippen LogP contribution in [0, 0.1) is 11.8 Å². The van der Waals surface area contributed by atoms with Crippen LogP contribution in [-0.2, 0) is 9.59 Å². The van der Waals surface area contributed by atoms with Crippen molar-refractivity contribution in [2.45, 2.75) is 39.2 Å².